The van der Waals surface area contributed by atoms with Crippen LogP contribution < -0.4 is 9.47 Å². The summed E-state index contributed by atoms with van der Waals surface area (Å²) in [6.07, 6.45) is 0. The predicted octanol–water partition coefficient (Wildman–Crippen LogP) is 2.58. The van der Waals surface area contributed by atoms with E-state index >= 15 is 0 Å². The Kier molecular flexibility index (Phi) is 3.28. The Morgan fingerprint density at radius 1 is 0.944 bits per heavy atom. The third-order valence-electron chi connectivity index (χ3n) is 2.59. The molecule has 2 N–H and O–H groups in total. The third kappa shape index (κ3) is 2.18. The Bertz CT molecular complexity index is 564. The fourth-order valence-corrected chi connectivity index (χ4v) is 1.64. The Morgan fingerprint density at radius 3 is 2.33 bits per heavy atom. The van der Waals surface area contributed by atoms with E-state index in [0.717, 1.165) is 0 Å². The molecule has 18 heavy (non-hydrogen) atoms. The fourth-order valence-electron chi connectivity index (χ4n) is 1.64. The van der Waals surface area contributed by atoms with Crippen LogP contribution in [-0.4, -0.2) is 24.4 Å². The van der Waals surface area contributed by atoms with E-state index in [2.05, 4.69) is 6.07 Å². The van der Waals surface area contributed by atoms with E-state index in [4.69, 9.17) is 9.47 Å². The summed E-state index contributed by atoms with van der Waals surface area (Å²) in [4.78, 5) is 0. The Balaban J connectivity index is 2.48. The van der Waals surface area contributed by atoms with Gasteiger partial charge in [-0.05, 0) is 29.8 Å². The summed E-state index contributed by atoms with van der Waals surface area (Å²) in [7, 11) is 2.98. The molecule has 4 nitrogen and oxygen atoms in total. The largest absolute Gasteiger partial charge is 0.507 e. The first-order valence-corrected chi connectivity index (χ1v) is 5.32. The average Bonchev–Trinajstić information content (AvgIpc) is 2.39. The van der Waals surface area contributed by atoms with Gasteiger partial charge in [-0.1, -0.05) is 0 Å². The molecule has 1 radical (unpaired) electrons. The Labute approximate surface area is 105 Å². The molecule has 0 fully saturated rings. The number of hydrogen-bond donors (Lipinski definition) is 2. The molecule has 0 aromatic heterocycles. The number of benzene rings is 2. The predicted molar refractivity (Wildman–Crippen MR) is 67.1 cm³/mol. The summed E-state index contributed by atoms with van der Waals surface area (Å²) < 4.78 is 10.00. The molecule has 0 bridgehead atoms. The van der Waals surface area contributed by atoms with E-state index in [1.807, 2.05) is 0 Å². The van der Waals surface area contributed by atoms with Crippen LogP contribution in [0.3, 0.4) is 0 Å². The van der Waals surface area contributed by atoms with Crippen molar-refractivity contribution in [1.82, 2.24) is 0 Å². The van der Waals surface area contributed by atoms with Crippen molar-refractivity contribution < 1.29 is 19.7 Å². The van der Waals surface area contributed by atoms with Crippen molar-refractivity contribution in [3.8, 4) is 34.1 Å². The third-order valence-corrected chi connectivity index (χ3v) is 2.59. The number of phenols is 2. The highest BCUT2D eigenvalue weighted by atomic mass is 16.5. The van der Waals surface area contributed by atoms with Gasteiger partial charge in [0, 0.05) is 17.7 Å². The second kappa shape index (κ2) is 4.87. The highest BCUT2D eigenvalue weighted by molar-refractivity contribution is 5.72. The van der Waals surface area contributed by atoms with E-state index in [1.165, 1.54) is 26.4 Å². The SMILES string of the molecule is COc1ccc(-c2[c]c(OC)c(O)cc2)c(O)c1. The van der Waals surface area contributed by atoms with Crippen LogP contribution in [0.25, 0.3) is 11.1 Å². The van der Waals surface area contributed by atoms with Crippen LogP contribution in [0.15, 0.2) is 30.3 Å². The van der Waals surface area contributed by atoms with Crippen LogP contribution in [0.4, 0.5) is 0 Å². The first kappa shape index (κ1) is 12.1. The molecule has 0 aliphatic heterocycles. The van der Waals surface area contributed by atoms with Crippen molar-refractivity contribution in [3.05, 3.63) is 36.4 Å². The Hall–Kier alpha value is -2.36. The molecule has 0 unspecified atom stereocenters. The summed E-state index contributed by atoms with van der Waals surface area (Å²) in [5, 5.41) is 19.4. The van der Waals surface area contributed by atoms with Gasteiger partial charge in [0.05, 0.1) is 14.2 Å². The summed E-state index contributed by atoms with van der Waals surface area (Å²) in [6.45, 7) is 0. The van der Waals surface area contributed by atoms with Gasteiger partial charge in [0.25, 0.3) is 0 Å². The van der Waals surface area contributed by atoms with Gasteiger partial charge in [0.15, 0.2) is 11.5 Å². The molecule has 4 heteroatoms. The molecule has 0 heterocycles. The fraction of sp³-hybridized carbons (Fsp3) is 0.143. The van der Waals surface area contributed by atoms with Crippen molar-refractivity contribution in [3.63, 3.8) is 0 Å². The molecule has 93 valence electrons. The van der Waals surface area contributed by atoms with Crippen LogP contribution in [0.2, 0.25) is 0 Å². The van der Waals surface area contributed by atoms with E-state index < -0.39 is 0 Å². The van der Waals surface area contributed by atoms with Crippen molar-refractivity contribution in [2.24, 2.45) is 0 Å². The van der Waals surface area contributed by atoms with Gasteiger partial charge in [0.2, 0.25) is 0 Å². The lowest BCUT2D eigenvalue weighted by Crippen LogP contribution is -1.87. The monoisotopic (exact) mass is 245 g/mol. The van der Waals surface area contributed by atoms with E-state index in [-0.39, 0.29) is 17.2 Å². The summed E-state index contributed by atoms with van der Waals surface area (Å²) in [6, 6.07) is 11.0. The van der Waals surface area contributed by atoms with Crippen LogP contribution in [-0.2, 0) is 0 Å². The van der Waals surface area contributed by atoms with Gasteiger partial charge >= 0.3 is 0 Å². The van der Waals surface area contributed by atoms with Crippen LogP contribution >= 0.6 is 0 Å². The van der Waals surface area contributed by atoms with Crippen LogP contribution in [0.5, 0.6) is 23.0 Å². The maximum absolute atomic E-state index is 9.91. The van der Waals surface area contributed by atoms with Crippen molar-refractivity contribution in [1.29, 1.82) is 0 Å². The van der Waals surface area contributed by atoms with Crippen molar-refractivity contribution in [2.75, 3.05) is 14.2 Å². The maximum Gasteiger partial charge on any atom is 0.169 e. The first-order valence-electron chi connectivity index (χ1n) is 5.32. The number of phenolic OH excluding ortho intramolecular Hbond substituents is 2. The van der Waals surface area contributed by atoms with E-state index in [0.29, 0.717) is 16.9 Å². The van der Waals surface area contributed by atoms with Crippen molar-refractivity contribution >= 4 is 0 Å². The lowest BCUT2D eigenvalue weighted by atomic mass is 10.0. The number of ether oxygens (including phenoxy) is 2. The topological polar surface area (TPSA) is 58.9 Å². The lowest BCUT2D eigenvalue weighted by Gasteiger charge is -2.09. The second-order valence-electron chi connectivity index (χ2n) is 3.67. The molecule has 0 saturated heterocycles. The van der Waals surface area contributed by atoms with Crippen LogP contribution in [0.1, 0.15) is 0 Å². The average molecular weight is 245 g/mol. The Morgan fingerprint density at radius 2 is 1.72 bits per heavy atom. The molecule has 0 atom stereocenters. The molecule has 2 aromatic rings. The molecular formula is C14H13O4. The minimum Gasteiger partial charge on any atom is -0.507 e. The van der Waals surface area contributed by atoms with Crippen LogP contribution in [0, 0.1) is 6.07 Å². The number of aromatic hydroxyl groups is 2. The lowest BCUT2D eigenvalue weighted by molar-refractivity contribution is 0.373. The molecular weight excluding hydrogens is 232 g/mol. The highest BCUT2D eigenvalue weighted by Crippen LogP contribution is 2.36. The zero-order valence-electron chi connectivity index (χ0n) is 10.1. The van der Waals surface area contributed by atoms with Gasteiger partial charge in [-0.2, -0.15) is 0 Å². The molecule has 2 aromatic carbocycles. The minimum absolute atomic E-state index is 0.00857. The molecule has 0 aliphatic carbocycles. The molecule has 0 saturated carbocycles. The second-order valence-corrected chi connectivity index (χ2v) is 3.67. The number of hydrogen-bond acceptors (Lipinski definition) is 4. The summed E-state index contributed by atoms with van der Waals surface area (Å²) in [5.74, 6) is 0.900. The van der Waals surface area contributed by atoms with Gasteiger partial charge in [-0.15, -0.1) is 0 Å². The zero-order chi connectivity index (χ0) is 13.1. The minimum atomic E-state index is 0.00857. The maximum atomic E-state index is 9.91. The van der Waals surface area contributed by atoms with Crippen molar-refractivity contribution in [2.45, 2.75) is 0 Å². The smallest absolute Gasteiger partial charge is 0.169 e. The number of methoxy groups -OCH3 is 2. The normalized spacial score (nSPS) is 10.1. The highest BCUT2D eigenvalue weighted by Gasteiger charge is 2.09. The molecule has 2 rings (SSSR count). The van der Waals surface area contributed by atoms with Gasteiger partial charge < -0.3 is 19.7 Å². The molecule has 0 aliphatic rings. The van der Waals surface area contributed by atoms with E-state index in [1.54, 1.807) is 18.2 Å². The first-order chi connectivity index (χ1) is 8.65. The van der Waals surface area contributed by atoms with Gasteiger partial charge in [0.1, 0.15) is 11.5 Å². The quantitative estimate of drug-likeness (QED) is 0.872. The summed E-state index contributed by atoms with van der Waals surface area (Å²) in [5.41, 5.74) is 1.22. The molecule has 0 spiro atoms. The van der Waals surface area contributed by atoms with E-state index in [9.17, 15) is 10.2 Å². The standard InChI is InChI=1S/C14H13O4/c1-17-10-4-5-11(13(16)8-10)9-3-6-12(15)14(7-9)18-2/h3-6,8,15-16H,1-2H3. The van der Waals surface area contributed by atoms with Gasteiger partial charge in [-0.3, -0.25) is 0 Å². The molecule has 0 amide bonds. The number of rotatable bonds is 3. The zero-order valence-corrected chi connectivity index (χ0v) is 10.1. The summed E-state index contributed by atoms with van der Waals surface area (Å²) >= 11 is 0. The van der Waals surface area contributed by atoms with Gasteiger partial charge in [-0.25, -0.2) is 0 Å².